The number of rotatable bonds is 6. The first-order valence-corrected chi connectivity index (χ1v) is 7.17. The molecule has 2 aromatic carbocycles. The Balaban J connectivity index is 1.62. The van der Waals surface area contributed by atoms with E-state index >= 15 is 0 Å². The molecule has 1 heterocycles. The summed E-state index contributed by atoms with van der Waals surface area (Å²) in [5, 5.41) is 10.9. The molecule has 0 fully saturated rings. The summed E-state index contributed by atoms with van der Waals surface area (Å²) in [5.41, 5.74) is 1.55. The number of anilines is 1. The maximum absolute atomic E-state index is 13.6. The first-order valence-electron chi connectivity index (χ1n) is 7.17. The van der Waals surface area contributed by atoms with Crippen LogP contribution < -0.4 is 10.1 Å². The lowest BCUT2D eigenvalue weighted by Crippen LogP contribution is -1.99. The maximum atomic E-state index is 13.6. The second-order valence-corrected chi connectivity index (χ2v) is 4.97. The molecule has 0 saturated carbocycles. The van der Waals surface area contributed by atoms with Gasteiger partial charge in [0.1, 0.15) is 11.6 Å². The van der Waals surface area contributed by atoms with E-state index in [1.165, 1.54) is 6.07 Å². The highest BCUT2D eigenvalue weighted by Gasteiger charge is 2.09. The summed E-state index contributed by atoms with van der Waals surface area (Å²) in [6.07, 6.45) is 0.264. The summed E-state index contributed by atoms with van der Waals surface area (Å²) >= 11 is 0. The highest BCUT2D eigenvalue weighted by atomic mass is 19.1. The van der Waals surface area contributed by atoms with Crippen LogP contribution in [-0.2, 0) is 13.0 Å². The molecule has 1 aromatic heterocycles. The molecule has 0 radical (unpaired) electrons. The molecule has 0 aliphatic rings. The quantitative estimate of drug-likeness (QED) is 0.755. The van der Waals surface area contributed by atoms with Crippen LogP contribution in [0.5, 0.6) is 5.75 Å². The molecular weight excluding hydrogens is 297 g/mol. The van der Waals surface area contributed by atoms with Gasteiger partial charge >= 0.3 is 6.01 Å². The van der Waals surface area contributed by atoms with Crippen LogP contribution in [0.1, 0.15) is 17.0 Å². The van der Waals surface area contributed by atoms with Gasteiger partial charge in [-0.1, -0.05) is 35.4 Å². The van der Waals surface area contributed by atoms with Crippen molar-refractivity contribution in [1.82, 2.24) is 10.2 Å². The van der Waals surface area contributed by atoms with Gasteiger partial charge in [-0.2, -0.15) is 0 Å². The second kappa shape index (κ2) is 6.91. The van der Waals surface area contributed by atoms with Crippen molar-refractivity contribution < 1.29 is 13.5 Å². The van der Waals surface area contributed by atoms with Gasteiger partial charge < -0.3 is 14.5 Å². The molecule has 0 saturated heterocycles. The standard InChI is InChI=1S/C17H16FN3O2/c1-22-14-7-4-5-12(9-14)11-19-17-21-20-16(23-17)10-13-6-2-3-8-15(13)18/h2-9H,10-11H2,1H3,(H,19,21). The van der Waals surface area contributed by atoms with E-state index in [0.717, 1.165) is 11.3 Å². The fraction of sp³-hybridized carbons (Fsp3) is 0.176. The van der Waals surface area contributed by atoms with E-state index in [1.54, 1.807) is 25.3 Å². The molecule has 0 aliphatic carbocycles. The average Bonchev–Trinajstić information content (AvgIpc) is 3.03. The van der Waals surface area contributed by atoms with Gasteiger partial charge in [0.05, 0.1) is 13.5 Å². The molecule has 118 valence electrons. The Kier molecular flexibility index (Phi) is 4.52. The largest absolute Gasteiger partial charge is 0.497 e. The molecule has 0 unspecified atom stereocenters. The minimum Gasteiger partial charge on any atom is -0.497 e. The van der Waals surface area contributed by atoms with Gasteiger partial charge in [-0.25, -0.2) is 4.39 Å². The van der Waals surface area contributed by atoms with Crippen molar-refractivity contribution in [3.05, 3.63) is 71.4 Å². The highest BCUT2D eigenvalue weighted by Crippen LogP contribution is 2.16. The summed E-state index contributed by atoms with van der Waals surface area (Å²) < 4.78 is 24.3. The number of nitrogens with one attached hydrogen (secondary N) is 1. The van der Waals surface area contributed by atoms with E-state index in [-0.39, 0.29) is 12.2 Å². The Bertz CT molecular complexity index is 789. The van der Waals surface area contributed by atoms with Crippen molar-refractivity contribution in [2.24, 2.45) is 0 Å². The lowest BCUT2D eigenvalue weighted by Gasteiger charge is -2.04. The molecule has 1 N–H and O–H groups in total. The zero-order valence-corrected chi connectivity index (χ0v) is 12.6. The number of benzene rings is 2. The second-order valence-electron chi connectivity index (χ2n) is 4.97. The van der Waals surface area contributed by atoms with Gasteiger partial charge in [0.2, 0.25) is 5.89 Å². The van der Waals surface area contributed by atoms with Crippen molar-refractivity contribution in [1.29, 1.82) is 0 Å². The van der Waals surface area contributed by atoms with Crippen LogP contribution in [0.25, 0.3) is 0 Å². The molecule has 3 aromatic rings. The first-order chi connectivity index (χ1) is 11.2. The van der Waals surface area contributed by atoms with Crippen LogP contribution in [0.15, 0.2) is 52.9 Å². The van der Waals surface area contributed by atoms with Crippen molar-refractivity contribution >= 4 is 6.01 Å². The summed E-state index contributed by atoms with van der Waals surface area (Å²) in [7, 11) is 1.62. The number of ether oxygens (including phenoxy) is 1. The molecule has 3 rings (SSSR count). The molecule has 0 amide bonds. The average molecular weight is 313 g/mol. The lowest BCUT2D eigenvalue weighted by atomic mass is 10.1. The van der Waals surface area contributed by atoms with Gasteiger partial charge in [-0.05, 0) is 29.3 Å². The Morgan fingerprint density at radius 3 is 2.83 bits per heavy atom. The molecule has 23 heavy (non-hydrogen) atoms. The highest BCUT2D eigenvalue weighted by molar-refractivity contribution is 5.31. The lowest BCUT2D eigenvalue weighted by molar-refractivity contribution is 0.414. The Morgan fingerprint density at radius 1 is 1.13 bits per heavy atom. The van der Waals surface area contributed by atoms with Crippen LogP contribution in [0, 0.1) is 5.82 Å². The number of aromatic nitrogens is 2. The van der Waals surface area contributed by atoms with Gasteiger partial charge in [-0.15, -0.1) is 5.10 Å². The fourth-order valence-electron chi connectivity index (χ4n) is 2.16. The molecule has 0 spiro atoms. The molecule has 0 aliphatic heterocycles. The zero-order valence-electron chi connectivity index (χ0n) is 12.6. The van der Waals surface area contributed by atoms with Crippen molar-refractivity contribution in [2.45, 2.75) is 13.0 Å². The first kappa shape index (κ1) is 15.0. The van der Waals surface area contributed by atoms with E-state index in [2.05, 4.69) is 15.5 Å². The molecular formula is C17H16FN3O2. The van der Waals surface area contributed by atoms with Gasteiger partial charge in [-0.3, -0.25) is 0 Å². The van der Waals surface area contributed by atoms with E-state index in [4.69, 9.17) is 9.15 Å². The van der Waals surface area contributed by atoms with E-state index in [9.17, 15) is 4.39 Å². The van der Waals surface area contributed by atoms with Crippen molar-refractivity contribution in [2.75, 3.05) is 12.4 Å². The van der Waals surface area contributed by atoms with Crippen LogP contribution >= 0.6 is 0 Å². The maximum Gasteiger partial charge on any atom is 0.315 e. The van der Waals surface area contributed by atoms with Crippen LogP contribution in [0.3, 0.4) is 0 Å². The number of nitrogens with zero attached hydrogens (tertiary/aromatic N) is 2. The van der Waals surface area contributed by atoms with Crippen LogP contribution in [0.4, 0.5) is 10.4 Å². The van der Waals surface area contributed by atoms with Gasteiger partial charge in [0.15, 0.2) is 0 Å². The van der Waals surface area contributed by atoms with Gasteiger partial charge in [0, 0.05) is 6.54 Å². The third-order valence-corrected chi connectivity index (χ3v) is 3.34. The normalized spacial score (nSPS) is 10.5. The van der Waals surface area contributed by atoms with Crippen molar-refractivity contribution in [3.63, 3.8) is 0 Å². The van der Waals surface area contributed by atoms with E-state index in [0.29, 0.717) is 24.0 Å². The minimum absolute atomic E-state index is 0.264. The Morgan fingerprint density at radius 2 is 2.00 bits per heavy atom. The smallest absolute Gasteiger partial charge is 0.315 e. The van der Waals surface area contributed by atoms with Gasteiger partial charge in [0.25, 0.3) is 0 Å². The van der Waals surface area contributed by atoms with Crippen LogP contribution in [0.2, 0.25) is 0 Å². The third-order valence-electron chi connectivity index (χ3n) is 3.34. The van der Waals surface area contributed by atoms with Crippen molar-refractivity contribution in [3.8, 4) is 5.75 Å². The molecule has 6 heteroatoms. The number of halogens is 1. The molecule has 5 nitrogen and oxygen atoms in total. The summed E-state index contributed by atoms with van der Waals surface area (Å²) in [6.45, 7) is 0.526. The van der Waals surface area contributed by atoms with Crippen LogP contribution in [-0.4, -0.2) is 17.3 Å². The van der Waals surface area contributed by atoms with E-state index in [1.807, 2.05) is 24.3 Å². The summed E-state index contributed by atoms with van der Waals surface area (Å²) in [6, 6.07) is 14.5. The predicted molar refractivity (Wildman–Crippen MR) is 83.8 cm³/mol. The number of hydrogen-bond acceptors (Lipinski definition) is 5. The SMILES string of the molecule is COc1cccc(CNc2nnc(Cc3ccccc3F)o2)c1. The fourth-order valence-corrected chi connectivity index (χ4v) is 2.16. The number of hydrogen-bond donors (Lipinski definition) is 1. The third kappa shape index (κ3) is 3.85. The minimum atomic E-state index is -0.281. The number of methoxy groups -OCH3 is 1. The molecule has 0 atom stereocenters. The monoisotopic (exact) mass is 313 g/mol. The molecule has 0 bridgehead atoms. The Labute approximate surface area is 133 Å². The topological polar surface area (TPSA) is 60.2 Å². The van der Waals surface area contributed by atoms with E-state index < -0.39 is 0 Å². The predicted octanol–water partition coefficient (Wildman–Crippen LogP) is 3.42. The summed E-state index contributed by atoms with van der Waals surface area (Å²) in [5.74, 6) is 0.870. The Hall–Kier alpha value is -2.89. The zero-order chi connectivity index (χ0) is 16.1. The summed E-state index contributed by atoms with van der Waals surface area (Å²) in [4.78, 5) is 0.